The molecule has 0 bridgehead atoms. The number of rotatable bonds is 6. The van der Waals surface area contributed by atoms with E-state index in [-0.39, 0.29) is 5.78 Å². The summed E-state index contributed by atoms with van der Waals surface area (Å²) in [5.41, 5.74) is 3.86. The van der Waals surface area contributed by atoms with Crippen molar-refractivity contribution >= 4 is 29.1 Å². The Morgan fingerprint density at radius 1 is 1.19 bits per heavy atom. The molecule has 0 saturated heterocycles. The van der Waals surface area contributed by atoms with E-state index in [0.29, 0.717) is 22.0 Å². The zero-order valence-corrected chi connectivity index (χ0v) is 17.7. The Bertz CT molecular complexity index is 973. The Morgan fingerprint density at radius 2 is 1.85 bits per heavy atom. The largest absolute Gasteiger partial charge is 0.346 e. The van der Waals surface area contributed by atoms with Crippen LogP contribution in [-0.2, 0) is 7.05 Å². The standard InChI is InChI=1S/C20H23ClN4OS/c1-12(2)25-13(3)10-17(14(25)4)18(26)11-27-20-23-22-19(24(20)5)15-6-8-16(21)9-7-15/h6-10,12H,11H2,1-5H3. The average molecular weight is 403 g/mol. The van der Waals surface area contributed by atoms with Crippen LogP contribution in [0.4, 0.5) is 0 Å². The number of halogens is 1. The first-order valence-corrected chi connectivity index (χ1v) is 10.2. The lowest BCUT2D eigenvalue weighted by molar-refractivity contribution is 0.102. The molecule has 0 radical (unpaired) electrons. The van der Waals surface area contributed by atoms with E-state index in [0.717, 1.165) is 28.3 Å². The highest BCUT2D eigenvalue weighted by Crippen LogP contribution is 2.26. The Hall–Kier alpha value is -2.05. The molecule has 2 aromatic heterocycles. The highest BCUT2D eigenvalue weighted by Gasteiger charge is 2.19. The second kappa shape index (κ2) is 7.90. The zero-order valence-electron chi connectivity index (χ0n) is 16.2. The minimum atomic E-state index is 0.107. The van der Waals surface area contributed by atoms with Crippen LogP contribution in [0.25, 0.3) is 11.4 Å². The molecule has 0 atom stereocenters. The number of thioether (sulfide) groups is 1. The lowest BCUT2D eigenvalue weighted by Gasteiger charge is -2.13. The summed E-state index contributed by atoms with van der Waals surface area (Å²) in [7, 11) is 1.90. The van der Waals surface area contributed by atoms with Crippen LogP contribution in [0, 0.1) is 13.8 Å². The summed E-state index contributed by atoms with van der Waals surface area (Å²) < 4.78 is 4.09. The SMILES string of the molecule is Cc1cc(C(=O)CSc2nnc(-c3ccc(Cl)cc3)n2C)c(C)n1C(C)C. The maximum Gasteiger partial charge on any atom is 0.191 e. The van der Waals surface area contributed by atoms with Gasteiger partial charge in [-0.15, -0.1) is 10.2 Å². The topological polar surface area (TPSA) is 52.7 Å². The molecule has 1 aromatic carbocycles. The fourth-order valence-electron chi connectivity index (χ4n) is 3.35. The monoisotopic (exact) mass is 402 g/mol. The van der Waals surface area contributed by atoms with Crippen LogP contribution in [-0.4, -0.2) is 30.9 Å². The van der Waals surface area contributed by atoms with Crippen LogP contribution in [0.3, 0.4) is 0 Å². The van der Waals surface area contributed by atoms with E-state index in [4.69, 9.17) is 11.6 Å². The highest BCUT2D eigenvalue weighted by atomic mass is 35.5. The van der Waals surface area contributed by atoms with E-state index in [1.165, 1.54) is 11.8 Å². The van der Waals surface area contributed by atoms with Gasteiger partial charge in [0.2, 0.25) is 0 Å². The fourth-order valence-corrected chi connectivity index (χ4v) is 4.27. The fraction of sp³-hybridized carbons (Fsp3) is 0.350. The molecule has 2 heterocycles. The summed E-state index contributed by atoms with van der Waals surface area (Å²) in [6.45, 7) is 8.30. The van der Waals surface area contributed by atoms with Gasteiger partial charge in [-0.05, 0) is 58.0 Å². The molecule has 0 aliphatic heterocycles. The quantitative estimate of drug-likeness (QED) is 0.424. The lowest BCUT2D eigenvalue weighted by Crippen LogP contribution is -2.08. The van der Waals surface area contributed by atoms with Gasteiger partial charge in [-0.2, -0.15) is 0 Å². The van der Waals surface area contributed by atoms with E-state index in [1.807, 2.05) is 55.8 Å². The molecule has 0 saturated carbocycles. The second-order valence-corrected chi connectivity index (χ2v) is 8.21. The molecule has 3 aromatic rings. The van der Waals surface area contributed by atoms with E-state index in [9.17, 15) is 4.79 Å². The van der Waals surface area contributed by atoms with E-state index < -0.39 is 0 Å². The molecule has 0 amide bonds. The van der Waals surface area contributed by atoms with Crippen LogP contribution >= 0.6 is 23.4 Å². The maximum atomic E-state index is 12.7. The number of aromatic nitrogens is 4. The number of benzene rings is 1. The van der Waals surface area contributed by atoms with Crippen LogP contribution in [0.15, 0.2) is 35.5 Å². The van der Waals surface area contributed by atoms with Crippen molar-refractivity contribution in [3.05, 3.63) is 52.3 Å². The number of hydrogen-bond acceptors (Lipinski definition) is 4. The molecule has 0 aliphatic carbocycles. The number of ketones is 1. The molecule has 3 rings (SSSR count). The molecular weight excluding hydrogens is 380 g/mol. The van der Waals surface area contributed by atoms with Crippen molar-refractivity contribution in [3.8, 4) is 11.4 Å². The van der Waals surface area contributed by atoms with E-state index >= 15 is 0 Å². The predicted molar refractivity (Wildman–Crippen MR) is 111 cm³/mol. The minimum absolute atomic E-state index is 0.107. The Kier molecular flexibility index (Phi) is 5.77. The highest BCUT2D eigenvalue weighted by molar-refractivity contribution is 7.99. The van der Waals surface area contributed by atoms with Gasteiger partial charge >= 0.3 is 0 Å². The summed E-state index contributed by atoms with van der Waals surface area (Å²) in [5.74, 6) is 1.19. The average Bonchev–Trinajstić information content (AvgIpc) is 3.13. The molecule has 7 heteroatoms. The molecule has 142 valence electrons. The third-order valence-corrected chi connectivity index (χ3v) is 5.84. The zero-order chi connectivity index (χ0) is 19.7. The van der Waals surface area contributed by atoms with Gasteiger partial charge in [0.05, 0.1) is 5.75 Å². The van der Waals surface area contributed by atoms with Gasteiger partial charge < -0.3 is 9.13 Å². The summed E-state index contributed by atoms with van der Waals surface area (Å²) in [5, 5.41) is 9.89. The predicted octanol–water partition coefficient (Wildman–Crippen LogP) is 5.11. The first-order chi connectivity index (χ1) is 12.8. The normalized spacial score (nSPS) is 11.4. The van der Waals surface area contributed by atoms with Crippen molar-refractivity contribution in [1.29, 1.82) is 0 Å². The van der Waals surface area contributed by atoms with Crippen LogP contribution < -0.4 is 0 Å². The van der Waals surface area contributed by atoms with Gasteiger partial charge in [0.1, 0.15) is 0 Å². The van der Waals surface area contributed by atoms with E-state index in [1.54, 1.807) is 0 Å². The Labute approximate surface area is 168 Å². The Balaban J connectivity index is 1.75. The number of nitrogens with zero attached hydrogens (tertiary/aromatic N) is 4. The first kappa shape index (κ1) is 19.7. The lowest BCUT2D eigenvalue weighted by atomic mass is 10.2. The summed E-state index contributed by atoms with van der Waals surface area (Å²) in [6, 6.07) is 9.78. The van der Waals surface area contributed by atoms with Crippen molar-refractivity contribution in [2.75, 3.05) is 5.75 Å². The number of carbonyl (C=O) groups is 1. The molecule has 27 heavy (non-hydrogen) atoms. The molecule has 0 unspecified atom stereocenters. The van der Waals surface area contributed by atoms with Gasteiger partial charge in [0, 0.05) is 40.6 Å². The van der Waals surface area contributed by atoms with Crippen LogP contribution in [0.5, 0.6) is 0 Å². The molecule has 0 aliphatic rings. The number of hydrogen-bond donors (Lipinski definition) is 0. The maximum absolute atomic E-state index is 12.7. The van der Waals surface area contributed by atoms with Crippen molar-refractivity contribution in [3.63, 3.8) is 0 Å². The van der Waals surface area contributed by atoms with Gasteiger partial charge in [-0.25, -0.2) is 0 Å². The molecule has 5 nitrogen and oxygen atoms in total. The number of carbonyl (C=O) groups excluding carboxylic acids is 1. The van der Waals surface area contributed by atoms with Gasteiger partial charge in [-0.1, -0.05) is 23.4 Å². The third-order valence-electron chi connectivity index (χ3n) is 4.57. The number of Topliss-reactive ketones (excluding diaryl/α,β-unsaturated/α-hetero) is 1. The van der Waals surface area contributed by atoms with E-state index in [2.05, 4.69) is 28.6 Å². The van der Waals surface area contributed by atoms with Gasteiger partial charge in [-0.3, -0.25) is 4.79 Å². The van der Waals surface area contributed by atoms with Crippen LogP contribution in [0.1, 0.15) is 41.6 Å². The van der Waals surface area contributed by atoms with Crippen molar-refractivity contribution < 1.29 is 4.79 Å². The summed E-state index contributed by atoms with van der Waals surface area (Å²) in [6.07, 6.45) is 0. The minimum Gasteiger partial charge on any atom is -0.346 e. The van der Waals surface area contributed by atoms with Gasteiger partial charge in [0.25, 0.3) is 0 Å². The summed E-state index contributed by atoms with van der Waals surface area (Å²) >= 11 is 7.35. The molecular formula is C20H23ClN4OS. The van der Waals surface area contributed by atoms with Crippen molar-refractivity contribution in [2.24, 2.45) is 7.05 Å². The second-order valence-electron chi connectivity index (χ2n) is 6.83. The summed E-state index contributed by atoms with van der Waals surface area (Å²) in [4.78, 5) is 12.7. The van der Waals surface area contributed by atoms with Crippen molar-refractivity contribution in [2.45, 2.75) is 38.9 Å². The molecule has 0 spiro atoms. The van der Waals surface area contributed by atoms with Crippen molar-refractivity contribution in [1.82, 2.24) is 19.3 Å². The third kappa shape index (κ3) is 3.96. The number of aryl methyl sites for hydroxylation is 1. The smallest absolute Gasteiger partial charge is 0.191 e. The molecule has 0 fully saturated rings. The van der Waals surface area contributed by atoms with Gasteiger partial charge in [0.15, 0.2) is 16.8 Å². The first-order valence-electron chi connectivity index (χ1n) is 8.79. The van der Waals surface area contributed by atoms with Crippen LogP contribution in [0.2, 0.25) is 5.02 Å². The Morgan fingerprint density at radius 3 is 2.44 bits per heavy atom. The molecule has 0 N–H and O–H groups in total.